The van der Waals surface area contributed by atoms with Crippen LogP contribution in [-0.4, -0.2) is 45.3 Å². The number of aromatic hydroxyl groups is 3. The molecule has 2 amide bonds. The van der Waals surface area contributed by atoms with Gasteiger partial charge in [-0.1, -0.05) is 6.07 Å². The van der Waals surface area contributed by atoms with Gasteiger partial charge in [0.05, 0.1) is 29.0 Å². The lowest BCUT2D eigenvalue weighted by Crippen LogP contribution is -2.17. The van der Waals surface area contributed by atoms with Crippen molar-refractivity contribution in [2.45, 2.75) is 39.9 Å². The molecule has 0 bridgehead atoms. The van der Waals surface area contributed by atoms with E-state index in [1.807, 2.05) is 0 Å². The van der Waals surface area contributed by atoms with Crippen LogP contribution in [0.2, 0.25) is 0 Å². The van der Waals surface area contributed by atoms with E-state index in [9.17, 15) is 29.7 Å². The summed E-state index contributed by atoms with van der Waals surface area (Å²) in [7, 11) is 0. The highest BCUT2D eigenvalue weighted by molar-refractivity contribution is 6.10. The van der Waals surface area contributed by atoms with E-state index in [2.05, 4.69) is 10.6 Å². The molecule has 0 saturated heterocycles. The monoisotopic (exact) mass is 508 g/mol. The number of anilines is 2. The summed E-state index contributed by atoms with van der Waals surface area (Å²) in [5.74, 6) is -3.03. The first-order chi connectivity index (χ1) is 17.5. The molecule has 10 heteroatoms. The molecule has 0 heterocycles. The Bertz CT molecular complexity index is 1310. The normalized spacial score (nSPS) is 10.8. The molecule has 0 aliphatic rings. The zero-order valence-corrected chi connectivity index (χ0v) is 20.7. The van der Waals surface area contributed by atoms with Gasteiger partial charge < -0.3 is 35.4 Å². The van der Waals surface area contributed by atoms with Crippen molar-refractivity contribution >= 4 is 29.2 Å². The first-order valence-corrected chi connectivity index (χ1v) is 11.4. The van der Waals surface area contributed by atoms with Gasteiger partial charge in [-0.25, -0.2) is 4.79 Å². The fourth-order valence-corrected chi connectivity index (χ4v) is 3.33. The van der Waals surface area contributed by atoms with Gasteiger partial charge in [0.1, 0.15) is 28.6 Å². The van der Waals surface area contributed by atoms with Crippen LogP contribution >= 0.6 is 0 Å². The van der Waals surface area contributed by atoms with Crippen molar-refractivity contribution < 1.29 is 39.2 Å². The number of phenolic OH excluding ortho intramolecular Hbond substituents is 3. The van der Waals surface area contributed by atoms with Crippen molar-refractivity contribution in [2.75, 3.05) is 10.6 Å². The Morgan fingerprint density at radius 1 is 0.757 bits per heavy atom. The molecule has 5 N–H and O–H groups in total. The summed E-state index contributed by atoms with van der Waals surface area (Å²) in [5, 5.41) is 35.2. The van der Waals surface area contributed by atoms with Gasteiger partial charge in [0, 0.05) is 11.8 Å². The van der Waals surface area contributed by atoms with E-state index in [1.165, 1.54) is 48.5 Å². The molecule has 3 aromatic rings. The second-order valence-corrected chi connectivity index (χ2v) is 8.64. The first kappa shape index (κ1) is 26.9. The van der Waals surface area contributed by atoms with Crippen LogP contribution in [0.15, 0.2) is 54.6 Å². The lowest BCUT2D eigenvalue weighted by Gasteiger charge is -2.17. The average Bonchev–Trinajstić information content (AvgIpc) is 2.79. The molecular weight excluding hydrogens is 480 g/mol. The van der Waals surface area contributed by atoms with Crippen molar-refractivity contribution in [3.05, 3.63) is 71.3 Å². The third-order valence-electron chi connectivity index (χ3n) is 4.92. The van der Waals surface area contributed by atoms with Crippen LogP contribution in [0.25, 0.3) is 0 Å². The zero-order valence-electron chi connectivity index (χ0n) is 20.7. The summed E-state index contributed by atoms with van der Waals surface area (Å²) in [6, 6.07) is 12.1. The predicted molar refractivity (Wildman–Crippen MR) is 137 cm³/mol. The SMILES string of the molecule is CC(C)OC(=O)c1ccc(NC(=O)c2ccc(NC(=O)c3c(O)cccc3O)cc2O)c(OC(C)C)c1. The van der Waals surface area contributed by atoms with Crippen LogP contribution in [0.3, 0.4) is 0 Å². The largest absolute Gasteiger partial charge is 0.507 e. The third kappa shape index (κ3) is 6.69. The maximum atomic E-state index is 12.9. The van der Waals surface area contributed by atoms with Crippen LogP contribution in [0.5, 0.6) is 23.0 Å². The van der Waals surface area contributed by atoms with E-state index in [1.54, 1.807) is 27.7 Å². The van der Waals surface area contributed by atoms with Gasteiger partial charge >= 0.3 is 5.97 Å². The number of benzene rings is 3. The van der Waals surface area contributed by atoms with Crippen molar-refractivity contribution in [1.82, 2.24) is 0 Å². The standard InChI is InChI=1S/C27H28N2O8/c1-14(2)36-23-12-16(27(35)37-15(3)4)8-11-19(23)29-25(33)18-10-9-17(13-22(18)32)28-26(34)24-20(30)6-5-7-21(24)31/h5-15,30-32H,1-4H3,(H,28,34)(H,29,33). The van der Waals surface area contributed by atoms with E-state index in [0.29, 0.717) is 0 Å². The van der Waals surface area contributed by atoms with E-state index >= 15 is 0 Å². The van der Waals surface area contributed by atoms with Crippen LogP contribution < -0.4 is 15.4 Å². The molecule has 0 atom stereocenters. The van der Waals surface area contributed by atoms with E-state index in [4.69, 9.17) is 9.47 Å². The molecule has 0 radical (unpaired) electrons. The van der Waals surface area contributed by atoms with Gasteiger partial charge in [-0.3, -0.25) is 9.59 Å². The summed E-state index contributed by atoms with van der Waals surface area (Å²) in [5.41, 5.74) is 0.218. The summed E-state index contributed by atoms with van der Waals surface area (Å²) in [4.78, 5) is 37.6. The smallest absolute Gasteiger partial charge is 0.338 e. The molecule has 0 aromatic heterocycles. The Morgan fingerprint density at radius 2 is 1.43 bits per heavy atom. The second kappa shape index (κ2) is 11.3. The van der Waals surface area contributed by atoms with Crippen molar-refractivity contribution in [2.24, 2.45) is 0 Å². The average molecular weight is 509 g/mol. The van der Waals surface area contributed by atoms with Crippen LogP contribution in [0.1, 0.15) is 58.8 Å². The van der Waals surface area contributed by atoms with Crippen molar-refractivity contribution in [3.8, 4) is 23.0 Å². The van der Waals surface area contributed by atoms with E-state index in [0.717, 1.165) is 6.07 Å². The zero-order chi connectivity index (χ0) is 27.3. The van der Waals surface area contributed by atoms with Gasteiger partial charge in [0.25, 0.3) is 11.8 Å². The van der Waals surface area contributed by atoms with Crippen LogP contribution in [-0.2, 0) is 4.74 Å². The van der Waals surface area contributed by atoms with Crippen molar-refractivity contribution in [1.29, 1.82) is 0 Å². The fourth-order valence-electron chi connectivity index (χ4n) is 3.33. The van der Waals surface area contributed by atoms with Gasteiger partial charge in [0.15, 0.2) is 0 Å². The minimum absolute atomic E-state index is 0.0952. The van der Waals surface area contributed by atoms with Gasteiger partial charge in [-0.2, -0.15) is 0 Å². The first-order valence-electron chi connectivity index (χ1n) is 11.4. The molecule has 0 spiro atoms. The van der Waals surface area contributed by atoms with E-state index in [-0.39, 0.29) is 46.0 Å². The lowest BCUT2D eigenvalue weighted by atomic mass is 10.1. The summed E-state index contributed by atoms with van der Waals surface area (Å²) in [6.45, 7) is 7.05. The summed E-state index contributed by atoms with van der Waals surface area (Å²) in [6.07, 6.45) is -0.562. The Kier molecular flexibility index (Phi) is 8.23. The molecule has 194 valence electrons. The maximum absolute atomic E-state index is 12.9. The molecule has 0 unspecified atom stereocenters. The highest BCUT2D eigenvalue weighted by atomic mass is 16.5. The Labute approximate surface area is 213 Å². The lowest BCUT2D eigenvalue weighted by molar-refractivity contribution is 0.0377. The summed E-state index contributed by atoms with van der Waals surface area (Å²) >= 11 is 0. The fraction of sp³-hybridized carbons (Fsp3) is 0.222. The van der Waals surface area contributed by atoms with Crippen molar-refractivity contribution in [3.63, 3.8) is 0 Å². The van der Waals surface area contributed by atoms with E-state index < -0.39 is 35.0 Å². The minimum Gasteiger partial charge on any atom is -0.507 e. The quantitative estimate of drug-likeness (QED) is 0.275. The topological polar surface area (TPSA) is 154 Å². The second-order valence-electron chi connectivity index (χ2n) is 8.64. The number of ether oxygens (including phenoxy) is 2. The molecule has 10 nitrogen and oxygen atoms in total. The number of hydrogen-bond acceptors (Lipinski definition) is 8. The number of phenols is 3. The number of carbonyl (C=O) groups excluding carboxylic acids is 3. The summed E-state index contributed by atoms with van der Waals surface area (Å²) < 4.78 is 11.0. The van der Waals surface area contributed by atoms with Gasteiger partial charge in [0.2, 0.25) is 0 Å². The third-order valence-corrected chi connectivity index (χ3v) is 4.92. The van der Waals surface area contributed by atoms with Crippen LogP contribution in [0.4, 0.5) is 11.4 Å². The predicted octanol–water partition coefficient (Wildman–Crippen LogP) is 4.66. The highest BCUT2D eigenvalue weighted by Crippen LogP contribution is 2.31. The highest BCUT2D eigenvalue weighted by Gasteiger charge is 2.20. The Balaban J connectivity index is 1.80. The number of hydrogen-bond donors (Lipinski definition) is 5. The number of rotatable bonds is 8. The Morgan fingerprint density at radius 3 is 2.03 bits per heavy atom. The molecule has 0 aliphatic heterocycles. The molecular formula is C27H28N2O8. The molecule has 3 aromatic carbocycles. The number of carbonyl (C=O) groups is 3. The molecule has 0 aliphatic carbocycles. The van der Waals surface area contributed by atoms with Gasteiger partial charge in [-0.05, 0) is 70.2 Å². The Hall–Kier alpha value is -4.73. The number of nitrogens with one attached hydrogen (secondary N) is 2. The number of amides is 2. The van der Waals surface area contributed by atoms with Gasteiger partial charge in [-0.15, -0.1) is 0 Å². The number of esters is 1. The van der Waals surface area contributed by atoms with Crippen LogP contribution in [0, 0.1) is 0 Å². The molecule has 0 fully saturated rings. The molecule has 3 rings (SSSR count). The maximum Gasteiger partial charge on any atom is 0.338 e. The molecule has 0 saturated carbocycles. The minimum atomic E-state index is -0.807. The molecule has 37 heavy (non-hydrogen) atoms.